The number of nitrogens with zero attached hydrogens (tertiary/aromatic N) is 5. The van der Waals surface area contributed by atoms with E-state index in [9.17, 15) is 13.6 Å². The molecule has 1 aliphatic rings. The van der Waals surface area contributed by atoms with Crippen LogP contribution in [0.5, 0.6) is 0 Å². The lowest BCUT2D eigenvalue weighted by Gasteiger charge is -2.38. The summed E-state index contributed by atoms with van der Waals surface area (Å²) in [5.41, 5.74) is 2.80. The Hall–Kier alpha value is -2.44. The topological polar surface area (TPSA) is 132 Å². The quantitative estimate of drug-likeness (QED) is 0.332. The standard InChI is InChI=1S/C19H26N6O4S2/c1-4-9-29-18(26)17-21-23-19(30-17)22-20-14-10-12-7-8-13(5-2)25(6-3)16(12)11-15(14)24-31(27)28/h10-11,13,24H,4-9H2,1-3H3,(H,27,28)/p-1. The molecule has 0 amide bonds. The second-order valence-corrected chi connectivity index (χ2v) is 8.58. The number of carbonyl (C=O) groups is 1. The van der Waals surface area contributed by atoms with Gasteiger partial charge in [-0.2, -0.15) is 0 Å². The molecule has 12 heteroatoms. The predicted octanol–water partition coefficient (Wildman–Crippen LogP) is 4.28. The van der Waals surface area contributed by atoms with Gasteiger partial charge in [0.25, 0.3) is 5.13 Å². The second-order valence-electron chi connectivity index (χ2n) is 6.95. The highest BCUT2D eigenvalue weighted by molar-refractivity contribution is 7.80. The van der Waals surface area contributed by atoms with Crippen LogP contribution >= 0.6 is 11.3 Å². The van der Waals surface area contributed by atoms with Gasteiger partial charge in [-0.3, -0.25) is 4.21 Å². The average molecular weight is 466 g/mol. The van der Waals surface area contributed by atoms with Crippen molar-refractivity contribution < 1.29 is 18.3 Å². The van der Waals surface area contributed by atoms with Crippen molar-refractivity contribution in [2.45, 2.75) is 52.5 Å². The highest BCUT2D eigenvalue weighted by Crippen LogP contribution is 2.40. The molecule has 2 atom stereocenters. The highest BCUT2D eigenvalue weighted by Gasteiger charge is 2.25. The number of benzene rings is 1. The number of rotatable bonds is 9. The Morgan fingerprint density at radius 2 is 2.16 bits per heavy atom. The van der Waals surface area contributed by atoms with Crippen molar-refractivity contribution in [1.82, 2.24) is 10.2 Å². The second kappa shape index (κ2) is 10.7. The maximum Gasteiger partial charge on any atom is 0.369 e. The smallest absolute Gasteiger partial charge is 0.369 e. The molecule has 0 saturated carbocycles. The SMILES string of the molecule is CCCOC(=O)c1nnc(N=Nc2cc3c(cc2NS(=O)[O-])N(CC)C(CC)CC3)s1. The molecule has 0 saturated heterocycles. The zero-order valence-electron chi connectivity index (χ0n) is 17.7. The van der Waals surface area contributed by atoms with Gasteiger partial charge in [0.2, 0.25) is 5.01 Å². The Labute approximate surface area is 187 Å². The predicted molar refractivity (Wildman–Crippen MR) is 119 cm³/mol. The first kappa shape index (κ1) is 23.2. The summed E-state index contributed by atoms with van der Waals surface area (Å²) in [6, 6.07) is 4.07. The lowest BCUT2D eigenvalue weighted by atomic mass is 9.93. The van der Waals surface area contributed by atoms with Crippen molar-refractivity contribution in [2.24, 2.45) is 10.2 Å². The van der Waals surface area contributed by atoms with Crippen molar-refractivity contribution in [3.63, 3.8) is 0 Å². The Kier molecular flexibility index (Phi) is 8.04. The van der Waals surface area contributed by atoms with E-state index in [4.69, 9.17) is 4.74 Å². The summed E-state index contributed by atoms with van der Waals surface area (Å²) in [5.74, 6) is -0.552. The van der Waals surface area contributed by atoms with Gasteiger partial charge in [-0.25, -0.2) is 4.79 Å². The Balaban J connectivity index is 1.89. The number of nitrogens with one attached hydrogen (secondary N) is 1. The van der Waals surface area contributed by atoms with Crippen molar-refractivity contribution in [3.8, 4) is 0 Å². The first-order chi connectivity index (χ1) is 15.0. The van der Waals surface area contributed by atoms with E-state index in [-0.39, 0.29) is 10.1 Å². The third-order valence-corrected chi connectivity index (χ3v) is 6.14. The Morgan fingerprint density at radius 1 is 1.35 bits per heavy atom. The van der Waals surface area contributed by atoms with Gasteiger partial charge in [-0.05, 0) is 50.3 Å². The zero-order valence-corrected chi connectivity index (χ0v) is 19.3. The third kappa shape index (κ3) is 5.63. The van der Waals surface area contributed by atoms with Crippen molar-refractivity contribution in [3.05, 3.63) is 22.7 Å². The molecule has 1 N–H and O–H groups in total. The van der Waals surface area contributed by atoms with Gasteiger partial charge in [-0.15, -0.1) is 20.4 Å². The van der Waals surface area contributed by atoms with Gasteiger partial charge in [-0.1, -0.05) is 25.2 Å². The lowest BCUT2D eigenvalue weighted by molar-refractivity contribution is 0.0503. The molecular weight excluding hydrogens is 440 g/mol. The van der Waals surface area contributed by atoms with Gasteiger partial charge in [0, 0.05) is 29.5 Å². The van der Waals surface area contributed by atoms with E-state index < -0.39 is 17.2 Å². The minimum atomic E-state index is -2.51. The summed E-state index contributed by atoms with van der Waals surface area (Å²) < 4.78 is 30.1. The summed E-state index contributed by atoms with van der Waals surface area (Å²) >= 11 is -1.55. The molecule has 2 unspecified atom stereocenters. The molecule has 1 aromatic carbocycles. The maximum absolute atomic E-state index is 11.9. The number of ether oxygens (including phenoxy) is 1. The van der Waals surface area contributed by atoms with Crippen LogP contribution in [0.25, 0.3) is 0 Å². The van der Waals surface area contributed by atoms with Crippen molar-refractivity contribution >= 4 is 50.8 Å². The van der Waals surface area contributed by atoms with Gasteiger partial charge in [0.1, 0.15) is 5.69 Å². The van der Waals surface area contributed by atoms with Gasteiger partial charge in [0.15, 0.2) is 0 Å². The molecule has 2 aromatic rings. The Morgan fingerprint density at radius 3 is 2.84 bits per heavy atom. The number of aryl methyl sites for hydroxylation is 1. The van der Waals surface area contributed by atoms with Crippen LogP contribution in [-0.2, 0) is 22.4 Å². The van der Waals surface area contributed by atoms with E-state index in [1.165, 1.54) is 0 Å². The van der Waals surface area contributed by atoms with Crippen LogP contribution in [0.3, 0.4) is 0 Å². The zero-order chi connectivity index (χ0) is 22.4. The normalized spacial score (nSPS) is 16.9. The van der Waals surface area contributed by atoms with Gasteiger partial charge >= 0.3 is 5.97 Å². The molecule has 3 rings (SSSR count). The van der Waals surface area contributed by atoms with E-state index >= 15 is 0 Å². The number of carbonyl (C=O) groups excluding carboxylic acids is 1. The first-order valence-corrected chi connectivity index (χ1v) is 12.1. The molecule has 0 bridgehead atoms. The summed E-state index contributed by atoms with van der Waals surface area (Å²) in [6.07, 6.45) is 3.62. The molecule has 1 aliphatic heterocycles. The average Bonchev–Trinajstić information content (AvgIpc) is 3.24. The van der Waals surface area contributed by atoms with Crippen LogP contribution in [0, 0.1) is 0 Å². The van der Waals surface area contributed by atoms with Crippen molar-refractivity contribution in [2.75, 3.05) is 22.8 Å². The fourth-order valence-electron chi connectivity index (χ4n) is 3.56. The molecule has 168 valence electrons. The number of hydrogen-bond acceptors (Lipinski definition) is 10. The number of fused-ring (bicyclic) bond motifs is 1. The number of aromatic nitrogens is 2. The minimum absolute atomic E-state index is 0.0936. The van der Waals surface area contributed by atoms with Crippen LogP contribution in [0.2, 0.25) is 0 Å². The van der Waals surface area contributed by atoms with E-state index in [2.05, 4.69) is 43.9 Å². The fraction of sp³-hybridized carbons (Fsp3) is 0.526. The molecule has 31 heavy (non-hydrogen) atoms. The monoisotopic (exact) mass is 465 g/mol. The van der Waals surface area contributed by atoms with E-state index in [1.807, 2.05) is 13.0 Å². The molecular formula is C19H25N6O4S2-. The fourth-order valence-corrected chi connectivity index (χ4v) is 4.46. The molecule has 0 radical (unpaired) electrons. The molecule has 1 aromatic heterocycles. The van der Waals surface area contributed by atoms with Crippen LogP contribution < -0.4 is 9.62 Å². The van der Waals surface area contributed by atoms with Crippen LogP contribution in [-0.4, -0.2) is 44.1 Å². The molecule has 2 heterocycles. The van der Waals surface area contributed by atoms with E-state index in [1.54, 1.807) is 6.07 Å². The van der Waals surface area contributed by atoms with E-state index in [0.717, 1.165) is 48.4 Å². The summed E-state index contributed by atoms with van der Waals surface area (Å²) in [4.78, 5) is 14.2. The van der Waals surface area contributed by atoms with Crippen LogP contribution in [0.15, 0.2) is 22.4 Å². The summed E-state index contributed by atoms with van der Waals surface area (Å²) in [7, 11) is 0. The molecule has 10 nitrogen and oxygen atoms in total. The summed E-state index contributed by atoms with van der Waals surface area (Å²) in [6.45, 7) is 7.27. The number of esters is 1. The minimum Gasteiger partial charge on any atom is -0.755 e. The summed E-state index contributed by atoms with van der Waals surface area (Å²) in [5, 5.41) is 16.1. The maximum atomic E-state index is 11.9. The first-order valence-electron chi connectivity index (χ1n) is 10.2. The van der Waals surface area contributed by atoms with Crippen LogP contribution in [0.1, 0.15) is 55.4 Å². The molecule has 0 aliphatic carbocycles. The molecule has 0 fully saturated rings. The van der Waals surface area contributed by atoms with Gasteiger partial charge in [0.05, 0.1) is 12.3 Å². The van der Waals surface area contributed by atoms with Gasteiger partial charge < -0.3 is 18.9 Å². The largest absolute Gasteiger partial charge is 0.755 e. The third-order valence-electron chi connectivity index (χ3n) is 4.97. The molecule has 0 spiro atoms. The van der Waals surface area contributed by atoms with E-state index in [0.29, 0.717) is 30.4 Å². The lowest BCUT2D eigenvalue weighted by Crippen LogP contribution is -2.38. The van der Waals surface area contributed by atoms with Crippen molar-refractivity contribution in [1.29, 1.82) is 0 Å². The van der Waals surface area contributed by atoms with Crippen LogP contribution in [0.4, 0.5) is 22.2 Å². The number of azo groups is 1. The number of hydrogen-bond donors (Lipinski definition) is 1. The Bertz CT molecular complexity index is 980. The number of anilines is 2. The highest BCUT2D eigenvalue weighted by atomic mass is 32.2.